The van der Waals surface area contributed by atoms with Gasteiger partial charge in [-0.1, -0.05) is 20.8 Å². The summed E-state index contributed by atoms with van der Waals surface area (Å²) in [4.78, 5) is 2.55. The zero-order valence-corrected chi connectivity index (χ0v) is 10.1. The van der Waals surface area contributed by atoms with Crippen LogP contribution in [-0.2, 0) is 0 Å². The fourth-order valence-corrected chi connectivity index (χ4v) is 2.28. The minimum Gasteiger partial charge on any atom is -0.314 e. The molecule has 1 saturated heterocycles. The lowest BCUT2D eigenvalue weighted by Gasteiger charge is -2.18. The predicted molar refractivity (Wildman–Crippen MR) is 62.6 cm³/mol. The Morgan fingerprint density at radius 1 is 1.29 bits per heavy atom. The van der Waals surface area contributed by atoms with Gasteiger partial charge in [0, 0.05) is 12.6 Å². The number of rotatable bonds is 6. The quantitative estimate of drug-likeness (QED) is 0.703. The Hall–Kier alpha value is -0.0800. The first-order valence-corrected chi connectivity index (χ1v) is 6.25. The molecule has 1 aliphatic heterocycles. The minimum atomic E-state index is 0.741. The molecule has 0 aliphatic carbocycles. The van der Waals surface area contributed by atoms with Gasteiger partial charge in [-0.2, -0.15) is 0 Å². The van der Waals surface area contributed by atoms with E-state index >= 15 is 0 Å². The van der Waals surface area contributed by atoms with E-state index < -0.39 is 0 Å². The van der Waals surface area contributed by atoms with Crippen LogP contribution >= 0.6 is 0 Å². The number of likely N-dealkylation sites (tertiary alicyclic amines) is 1. The summed E-state index contributed by atoms with van der Waals surface area (Å²) < 4.78 is 0. The van der Waals surface area contributed by atoms with E-state index in [0.717, 1.165) is 12.0 Å². The van der Waals surface area contributed by atoms with Crippen molar-refractivity contribution in [2.75, 3.05) is 26.2 Å². The van der Waals surface area contributed by atoms with Gasteiger partial charge >= 0.3 is 0 Å². The summed E-state index contributed by atoms with van der Waals surface area (Å²) >= 11 is 0. The van der Waals surface area contributed by atoms with Crippen LogP contribution in [0, 0.1) is 5.92 Å². The van der Waals surface area contributed by atoms with Crippen LogP contribution in [-0.4, -0.2) is 37.1 Å². The van der Waals surface area contributed by atoms with Gasteiger partial charge in [-0.25, -0.2) is 0 Å². The van der Waals surface area contributed by atoms with Crippen LogP contribution in [0.5, 0.6) is 0 Å². The molecule has 0 aromatic heterocycles. The van der Waals surface area contributed by atoms with Crippen LogP contribution in [0.2, 0.25) is 0 Å². The smallest absolute Gasteiger partial charge is 0.00619 e. The fraction of sp³-hybridized carbons (Fsp3) is 1.00. The third kappa shape index (κ3) is 3.58. The topological polar surface area (TPSA) is 15.3 Å². The Labute approximate surface area is 89.1 Å². The molecule has 0 amide bonds. The second-order valence-electron chi connectivity index (χ2n) is 4.47. The van der Waals surface area contributed by atoms with Crippen molar-refractivity contribution in [1.82, 2.24) is 10.2 Å². The summed E-state index contributed by atoms with van der Waals surface area (Å²) in [6.07, 6.45) is 3.92. The highest BCUT2D eigenvalue weighted by molar-refractivity contribution is 4.77. The van der Waals surface area contributed by atoms with Gasteiger partial charge in [0.15, 0.2) is 0 Å². The third-order valence-corrected chi connectivity index (χ3v) is 3.50. The molecule has 1 atom stereocenters. The van der Waals surface area contributed by atoms with Gasteiger partial charge in [-0.3, -0.25) is 0 Å². The Balaban J connectivity index is 2.13. The van der Waals surface area contributed by atoms with Gasteiger partial charge in [0.1, 0.15) is 0 Å². The minimum absolute atomic E-state index is 0.741. The largest absolute Gasteiger partial charge is 0.314 e. The number of nitrogens with zero attached hydrogens (tertiary/aromatic N) is 1. The van der Waals surface area contributed by atoms with Crippen molar-refractivity contribution < 1.29 is 0 Å². The highest BCUT2D eigenvalue weighted by Crippen LogP contribution is 2.15. The second kappa shape index (κ2) is 6.41. The molecular weight excluding hydrogens is 172 g/mol. The van der Waals surface area contributed by atoms with Crippen molar-refractivity contribution in [2.45, 2.75) is 46.1 Å². The third-order valence-electron chi connectivity index (χ3n) is 3.50. The average molecular weight is 198 g/mol. The highest BCUT2D eigenvalue weighted by Gasteiger charge is 2.21. The molecule has 1 heterocycles. The van der Waals surface area contributed by atoms with Gasteiger partial charge in [-0.05, 0) is 44.8 Å². The van der Waals surface area contributed by atoms with E-state index in [1.807, 2.05) is 0 Å². The van der Waals surface area contributed by atoms with E-state index in [1.54, 1.807) is 0 Å². The lowest BCUT2D eigenvalue weighted by atomic mass is 10.1. The number of hydrogen-bond donors (Lipinski definition) is 1. The van der Waals surface area contributed by atoms with Gasteiger partial charge in [-0.15, -0.1) is 0 Å². The summed E-state index contributed by atoms with van der Waals surface area (Å²) in [5, 5.41) is 3.68. The Bertz CT molecular complexity index is 143. The maximum atomic E-state index is 3.68. The summed E-state index contributed by atoms with van der Waals surface area (Å²) in [6.45, 7) is 11.9. The van der Waals surface area contributed by atoms with E-state index in [2.05, 4.69) is 31.0 Å². The maximum absolute atomic E-state index is 3.68. The van der Waals surface area contributed by atoms with Crippen molar-refractivity contribution in [3.05, 3.63) is 0 Å². The van der Waals surface area contributed by atoms with Crippen molar-refractivity contribution in [3.8, 4) is 0 Å². The molecule has 0 saturated carbocycles. The van der Waals surface area contributed by atoms with Gasteiger partial charge < -0.3 is 10.2 Å². The van der Waals surface area contributed by atoms with Crippen LogP contribution in [0.3, 0.4) is 0 Å². The van der Waals surface area contributed by atoms with Crippen molar-refractivity contribution >= 4 is 0 Å². The van der Waals surface area contributed by atoms with E-state index in [-0.39, 0.29) is 0 Å². The van der Waals surface area contributed by atoms with Crippen LogP contribution in [0.25, 0.3) is 0 Å². The molecule has 1 unspecified atom stereocenters. The Morgan fingerprint density at radius 2 is 2.00 bits per heavy atom. The molecule has 1 N–H and O–H groups in total. The molecule has 0 aromatic carbocycles. The van der Waals surface area contributed by atoms with Crippen LogP contribution in [0.1, 0.15) is 40.0 Å². The lowest BCUT2D eigenvalue weighted by Crippen LogP contribution is -2.33. The number of hydrogen-bond acceptors (Lipinski definition) is 2. The van der Waals surface area contributed by atoms with Crippen molar-refractivity contribution in [2.24, 2.45) is 5.92 Å². The van der Waals surface area contributed by atoms with Gasteiger partial charge in [0.05, 0.1) is 0 Å². The molecule has 0 spiro atoms. The molecule has 1 fully saturated rings. The van der Waals surface area contributed by atoms with Crippen LogP contribution in [0.4, 0.5) is 0 Å². The monoisotopic (exact) mass is 198 g/mol. The molecule has 1 aliphatic rings. The average Bonchev–Trinajstić information content (AvgIpc) is 2.67. The molecule has 84 valence electrons. The summed E-state index contributed by atoms with van der Waals surface area (Å²) in [5.41, 5.74) is 0. The fourth-order valence-electron chi connectivity index (χ4n) is 2.28. The lowest BCUT2D eigenvalue weighted by molar-refractivity contribution is 0.333. The molecular formula is C12H26N2. The molecule has 14 heavy (non-hydrogen) atoms. The zero-order chi connectivity index (χ0) is 10.4. The van der Waals surface area contributed by atoms with E-state index in [0.29, 0.717) is 0 Å². The first-order valence-electron chi connectivity index (χ1n) is 6.25. The first kappa shape index (κ1) is 12.0. The molecule has 0 aromatic rings. The molecule has 2 nitrogen and oxygen atoms in total. The number of nitrogens with one attached hydrogen (secondary N) is 1. The van der Waals surface area contributed by atoms with Gasteiger partial charge in [0.25, 0.3) is 0 Å². The Morgan fingerprint density at radius 3 is 2.50 bits per heavy atom. The molecule has 0 bridgehead atoms. The Kier molecular flexibility index (Phi) is 5.49. The van der Waals surface area contributed by atoms with E-state index in [1.165, 1.54) is 45.4 Å². The first-order chi connectivity index (χ1) is 6.80. The highest BCUT2D eigenvalue weighted by atomic mass is 15.1. The maximum Gasteiger partial charge on any atom is 0.00619 e. The molecule has 1 rings (SSSR count). The standard InChI is InChI=1S/C12H26N2/c1-4-12(5-2)13-9-11-7-8-14(6-3)10-11/h11-13H,4-10H2,1-3H3. The van der Waals surface area contributed by atoms with Crippen LogP contribution in [0.15, 0.2) is 0 Å². The SMILES string of the molecule is CCC(CC)NCC1CCN(CC)C1. The van der Waals surface area contributed by atoms with Crippen molar-refractivity contribution in [3.63, 3.8) is 0 Å². The summed E-state index contributed by atoms with van der Waals surface area (Å²) in [6, 6.07) is 0.741. The van der Waals surface area contributed by atoms with E-state index in [4.69, 9.17) is 0 Å². The van der Waals surface area contributed by atoms with Crippen molar-refractivity contribution in [1.29, 1.82) is 0 Å². The predicted octanol–water partition coefficient (Wildman–Crippen LogP) is 2.11. The molecule has 0 radical (unpaired) electrons. The summed E-state index contributed by atoms with van der Waals surface area (Å²) in [7, 11) is 0. The zero-order valence-electron chi connectivity index (χ0n) is 10.1. The second-order valence-corrected chi connectivity index (χ2v) is 4.47. The molecule has 2 heteroatoms. The van der Waals surface area contributed by atoms with Crippen LogP contribution < -0.4 is 5.32 Å². The summed E-state index contributed by atoms with van der Waals surface area (Å²) in [5.74, 6) is 0.899. The normalized spacial score (nSPS) is 23.6. The van der Waals surface area contributed by atoms with Gasteiger partial charge in [0.2, 0.25) is 0 Å². The van der Waals surface area contributed by atoms with E-state index in [9.17, 15) is 0 Å².